The molecule has 0 fully saturated rings. The smallest absolute Gasteiger partial charge is 0.214 e. The molecular weight excluding hydrogens is 372 g/mol. The van der Waals surface area contributed by atoms with E-state index in [9.17, 15) is 10.1 Å². The van der Waals surface area contributed by atoms with Crippen molar-refractivity contribution in [2.24, 2.45) is 0 Å². The lowest BCUT2D eigenvalue weighted by Gasteiger charge is -2.16. The summed E-state index contributed by atoms with van der Waals surface area (Å²) in [7, 11) is 0. The molecule has 0 saturated heterocycles. The summed E-state index contributed by atoms with van der Waals surface area (Å²) < 4.78 is 0. The molecule has 1 unspecified atom stereocenters. The summed E-state index contributed by atoms with van der Waals surface area (Å²) in [5.41, 5.74) is 9.55. The fraction of sp³-hybridized carbons (Fsp3) is 0.154. The fourth-order valence-corrected chi connectivity index (χ4v) is 4.56. The van der Waals surface area contributed by atoms with Gasteiger partial charge in [-0.15, -0.1) is 0 Å². The van der Waals surface area contributed by atoms with Crippen molar-refractivity contribution < 1.29 is 4.92 Å². The van der Waals surface area contributed by atoms with E-state index in [4.69, 9.17) is 0 Å². The van der Waals surface area contributed by atoms with Crippen LogP contribution in [0.15, 0.2) is 66.7 Å². The highest BCUT2D eigenvalue weighted by Crippen LogP contribution is 2.43. The van der Waals surface area contributed by atoms with Gasteiger partial charge < -0.3 is 4.98 Å². The van der Waals surface area contributed by atoms with E-state index in [1.165, 1.54) is 5.56 Å². The first kappa shape index (κ1) is 18.4. The summed E-state index contributed by atoms with van der Waals surface area (Å²) in [5, 5.41) is 12.7. The molecule has 0 saturated carbocycles. The molecule has 1 atom stereocenters. The third-order valence-corrected chi connectivity index (χ3v) is 5.98. The lowest BCUT2D eigenvalue weighted by atomic mass is 9.87. The van der Waals surface area contributed by atoms with E-state index < -0.39 is 0 Å². The summed E-state index contributed by atoms with van der Waals surface area (Å²) in [4.78, 5) is 15.1. The van der Waals surface area contributed by atoms with Gasteiger partial charge in [0.15, 0.2) is 0 Å². The third-order valence-electron chi connectivity index (χ3n) is 5.98. The number of hydrogen-bond donors (Lipinski definition) is 1. The van der Waals surface area contributed by atoms with Gasteiger partial charge in [0.05, 0.1) is 11.6 Å². The molecule has 3 aromatic carbocycles. The number of aryl methyl sites for hydroxylation is 2. The average Bonchev–Trinajstić information content (AvgIpc) is 3.05. The van der Waals surface area contributed by atoms with Gasteiger partial charge in [-0.1, -0.05) is 71.8 Å². The molecule has 0 aliphatic heterocycles. The molecule has 148 valence electrons. The standard InChI is InChI=1S/C26H22N2O2/c1-16-7-10-18(11-8-16)22-14-19-13-17(2)9-12-20(19)23(15-28(29)30)25-21-5-3-4-6-24(21)27-26(22)25/h3-14,23,27H,15H2,1-2H3. The molecule has 0 radical (unpaired) electrons. The molecule has 30 heavy (non-hydrogen) atoms. The van der Waals surface area contributed by atoms with Crippen molar-refractivity contribution >= 4 is 22.6 Å². The summed E-state index contributed by atoms with van der Waals surface area (Å²) >= 11 is 0. The molecule has 1 N–H and O–H groups in total. The highest BCUT2D eigenvalue weighted by Gasteiger charge is 2.32. The average molecular weight is 394 g/mol. The summed E-state index contributed by atoms with van der Waals surface area (Å²) in [6, 6.07) is 22.8. The number of hydrogen-bond acceptors (Lipinski definition) is 2. The summed E-state index contributed by atoms with van der Waals surface area (Å²) in [5.74, 6) is -0.319. The Morgan fingerprint density at radius 3 is 2.47 bits per heavy atom. The first-order valence-corrected chi connectivity index (χ1v) is 10.1. The monoisotopic (exact) mass is 394 g/mol. The Morgan fingerprint density at radius 2 is 1.70 bits per heavy atom. The van der Waals surface area contributed by atoms with E-state index in [0.717, 1.165) is 50.0 Å². The number of H-pyrrole nitrogens is 1. The van der Waals surface area contributed by atoms with Crippen molar-refractivity contribution in [3.05, 3.63) is 116 Å². The molecule has 0 spiro atoms. The molecule has 1 aliphatic carbocycles. The van der Waals surface area contributed by atoms with Crippen molar-refractivity contribution in [2.75, 3.05) is 6.54 Å². The number of aromatic nitrogens is 1. The van der Waals surface area contributed by atoms with Crippen LogP contribution in [0.1, 0.15) is 45.0 Å². The zero-order valence-electron chi connectivity index (χ0n) is 17.0. The number of rotatable bonds is 3. The Balaban J connectivity index is 1.87. The number of nitrogens with one attached hydrogen (secondary N) is 1. The molecule has 1 aromatic heterocycles. The highest BCUT2D eigenvalue weighted by molar-refractivity contribution is 6.00. The first-order chi connectivity index (χ1) is 14.5. The van der Waals surface area contributed by atoms with Gasteiger partial charge in [0.2, 0.25) is 6.54 Å². The van der Waals surface area contributed by atoms with E-state index in [1.54, 1.807) is 0 Å². The Labute approximate surface area is 175 Å². The van der Waals surface area contributed by atoms with Crippen molar-refractivity contribution in [3.8, 4) is 0 Å². The van der Waals surface area contributed by atoms with Gasteiger partial charge in [-0.3, -0.25) is 10.1 Å². The largest absolute Gasteiger partial charge is 0.354 e. The molecule has 1 heterocycles. The number of aromatic amines is 1. The summed E-state index contributed by atoms with van der Waals surface area (Å²) in [6.45, 7) is 3.99. The van der Waals surface area contributed by atoms with Crippen LogP contribution in [0.5, 0.6) is 0 Å². The predicted octanol–water partition coefficient (Wildman–Crippen LogP) is 6.10. The molecule has 1 aliphatic rings. The van der Waals surface area contributed by atoms with Crippen LogP contribution in [0.4, 0.5) is 0 Å². The van der Waals surface area contributed by atoms with E-state index in [0.29, 0.717) is 0 Å². The highest BCUT2D eigenvalue weighted by atomic mass is 16.6. The lowest BCUT2D eigenvalue weighted by Crippen LogP contribution is -2.15. The van der Waals surface area contributed by atoms with Gasteiger partial charge in [-0.05, 0) is 48.2 Å². The quantitative estimate of drug-likeness (QED) is 0.337. The molecular formula is C26H22N2O2. The molecule has 0 amide bonds. The molecule has 4 nitrogen and oxygen atoms in total. The Morgan fingerprint density at radius 1 is 0.967 bits per heavy atom. The minimum absolute atomic E-state index is 0.139. The zero-order valence-corrected chi connectivity index (χ0v) is 17.0. The molecule has 4 aromatic rings. The zero-order chi connectivity index (χ0) is 20.8. The third kappa shape index (κ3) is 3.01. The maximum atomic E-state index is 11.7. The van der Waals surface area contributed by atoms with Crippen LogP contribution in [0.2, 0.25) is 0 Å². The van der Waals surface area contributed by atoms with Crippen LogP contribution in [-0.2, 0) is 0 Å². The van der Waals surface area contributed by atoms with Gasteiger partial charge >= 0.3 is 0 Å². The normalized spacial score (nSPS) is 15.3. The van der Waals surface area contributed by atoms with Crippen molar-refractivity contribution in [3.63, 3.8) is 0 Å². The van der Waals surface area contributed by atoms with Crippen molar-refractivity contribution in [2.45, 2.75) is 19.8 Å². The number of nitrogens with zero attached hydrogens (tertiary/aromatic N) is 1. The topological polar surface area (TPSA) is 58.9 Å². The predicted molar refractivity (Wildman–Crippen MR) is 121 cm³/mol. The second-order valence-electron chi connectivity index (χ2n) is 8.08. The number of fused-ring (bicyclic) bond motifs is 4. The van der Waals surface area contributed by atoms with Gasteiger partial charge in [0, 0.05) is 21.4 Å². The Bertz CT molecular complexity index is 1310. The van der Waals surface area contributed by atoms with Crippen LogP contribution >= 0.6 is 0 Å². The van der Waals surface area contributed by atoms with Crippen molar-refractivity contribution in [1.82, 2.24) is 4.98 Å². The van der Waals surface area contributed by atoms with Gasteiger partial charge in [0.1, 0.15) is 0 Å². The van der Waals surface area contributed by atoms with Crippen LogP contribution in [-0.4, -0.2) is 16.5 Å². The second-order valence-corrected chi connectivity index (χ2v) is 8.08. The SMILES string of the molecule is Cc1ccc(C2=Cc3cc(C)ccc3C(C[N+](=O)[O-])c3c2[nH]c2ccccc32)cc1. The molecule has 0 bridgehead atoms. The van der Waals surface area contributed by atoms with Crippen LogP contribution in [0.3, 0.4) is 0 Å². The van der Waals surface area contributed by atoms with Gasteiger partial charge in [-0.25, -0.2) is 0 Å². The van der Waals surface area contributed by atoms with Crippen LogP contribution < -0.4 is 0 Å². The van der Waals surface area contributed by atoms with E-state index in [1.807, 2.05) is 24.3 Å². The van der Waals surface area contributed by atoms with Gasteiger partial charge in [-0.2, -0.15) is 0 Å². The maximum absolute atomic E-state index is 11.7. The van der Waals surface area contributed by atoms with Crippen LogP contribution in [0.25, 0.3) is 22.6 Å². The second kappa shape index (κ2) is 6.99. The van der Waals surface area contributed by atoms with E-state index in [-0.39, 0.29) is 17.4 Å². The maximum Gasteiger partial charge on any atom is 0.214 e. The van der Waals surface area contributed by atoms with Crippen LogP contribution in [0, 0.1) is 24.0 Å². The number of benzene rings is 3. The summed E-state index contributed by atoms with van der Waals surface area (Å²) in [6.07, 6.45) is 2.18. The minimum Gasteiger partial charge on any atom is -0.354 e. The minimum atomic E-state index is -0.319. The Kier molecular flexibility index (Phi) is 4.28. The Hall–Kier alpha value is -3.66. The first-order valence-electron chi connectivity index (χ1n) is 10.1. The molecule has 4 heteroatoms. The van der Waals surface area contributed by atoms with E-state index >= 15 is 0 Å². The molecule has 5 rings (SSSR count). The van der Waals surface area contributed by atoms with Gasteiger partial charge in [0.25, 0.3) is 0 Å². The lowest BCUT2D eigenvalue weighted by molar-refractivity contribution is -0.481. The van der Waals surface area contributed by atoms with Crippen molar-refractivity contribution in [1.29, 1.82) is 0 Å². The number of nitro groups is 1. The van der Waals surface area contributed by atoms with E-state index in [2.05, 4.69) is 67.4 Å². The number of para-hydroxylation sites is 1. The fourth-order valence-electron chi connectivity index (χ4n) is 4.56.